The third-order valence-corrected chi connectivity index (χ3v) is 2.93. The SMILES string of the molecule is CCCNC(=O)Nc1ccc(C(N)=S)cc1Br. The number of thiocarbonyl (C=S) groups is 1. The van der Waals surface area contributed by atoms with E-state index >= 15 is 0 Å². The Morgan fingerprint density at radius 2 is 2.24 bits per heavy atom. The van der Waals surface area contributed by atoms with Crippen molar-refractivity contribution in [3.8, 4) is 0 Å². The lowest BCUT2D eigenvalue weighted by atomic mass is 10.2. The van der Waals surface area contributed by atoms with Gasteiger partial charge in [0.2, 0.25) is 0 Å². The molecule has 4 nitrogen and oxygen atoms in total. The monoisotopic (exact) mass is 315 g/mol. The zero-order chi connectivity index (χ0) is 12.8. The van der Waals surface area contributed by atoms with Crippen molar-refractivity contribution in [1.29, 1.82) is 0 Å². The van der Waals surface area contributed by atoms with E-state index in [4.69, 9.17) is 18.0 Å². The van der Waals surface area contributed by atoms with E-state index in [0.29, 0.717) is 17.2 Å². The van der Waals surface area contributed by atoms with Crippen molar-refractivity contribution < 1.29 is 4.79 Å². The van der Waals surface area contributed by atoms with Crippen LogP contribution in [-0.2, 0) is 0 Å². The zero-order valence-electron chi connectivity index (χ0n) is 9.42. The molecule has 0 fully saturated rings. The summed E-state index contributed by atoms with van der Waals surface area (Å²) in [4.78, 5) is 11.8. The number of carbonyl (C=O) groups excluding carboxylic acids is 1. The summed E-state index contributed by atoms with van der Waals surface area (Å²) in [5.41, 5.74) is 6.95. The van der Waals surface area contributed by atoms with Crippen LogP contribution in [0.4, 0.5) is 10.5 Å². The van der Waals surface area contributed by atoms with Gasteiger partial charge < -0.3 is 16.4 Å². The molecular formula is C11H14BrN3OS. The summed E-state index contributed by atoms with van der Waals surface area (Å²) in [5, 5.41) is 5.45. The fourth-order valence-electron chi connectivity index (χ4n) is 1.17. The van der Waals surface area contributed by atoms with E-state index in [0.717, 1.165) is 16.5 Å². The largest absolute Gasteiger partial charge is 0.389 e. The molecule has 0 saturated carbocycles. The Kier molecular flexibility index (Phi) is 5.37. The maximum Gasteiger partial charge on any atom is 0.319 e. The second-order valence-electron chi connectivity index (χ2n) is 3.44. The molecule has 1 aromatic rings. The number of hydrogen-bond acceptors (Lipinski definition) is 2. The molecule has 0 saturated heterocycles. The van der Waals surface area contributed by atoms with Crippen LogP contribution in [0.25, 0.3) is 0 Å². The summed E-state index contributed by atoms with van der Waals surface area (Å²) >= 11 is 8.22. The smallest absolute Gasteiger partial charge is 0.319 e. The molecule has 0 aliphatic rings. The van der Waals surface area contributed by atoms with E-state index in [-0.39, 0.29) is 6.03 Å². The molecule has 4 N–H and O–H groups in total. The molecule has 17 heavy (non-hydrogen) atoms. The van der Waals surface area contributed by atoms with Gasteiger partial charge in [0.1, 0.15) is 4.99 Å². The first kappa shape index (κ1) is 13.9. The van der Waals surface area contributed by atoms with Crippen LogP contribution < -0.4 is 16.4 Å². The van der Waals surface area contributed by atoms with Gasteiger partial charge in [-0.3, -0.25) is 0 Å². The summed E-state index contributed by atoms with van der Waals surface area (Å²) in [5.74, 6) is 0. The lowest BCUT2D eigenvalue weighted by molar-refractivity contribution is 0.252. The van der Waals surface area contributed by atoms with E-state index in [1.54, 1.807) is 18.2 Å². The van der Waals surface area contributed by atoms with Gasteiger partial charge in [0.25, 0.3) is 0 Å². The predicted octanol–water partition coefficient (Wildman–Crippen LogP) is 2.61. The van der Waals surface area contributed by atoms with Crippen LogP contribution >= 0.6 is 28.1 Å². The maximum atomic E-state index is 11.4. The van der Waals surface area contributed by atoms with Crippen molar-refractivity contribution in [1.82, 2.24) is 5.32 Å². The number of anilines is 1. The molecule has 0 spiro atoms. The van der Waals surface area contributed by atoms with Crippen LogP contribution in [0.3, 0.4) is 0 Å². The minimum absolute atomic E-state index is 0.226. The Morgan fingerprint density at radius 3 is 2.76 bits per heavy atom. The number of carbonyl (C=O) groups is 1. The Labute approximate surface area is 114 Å². The highest BCUT2D eigenvalue weighted by atomic mass is 79.9. The van der Waals surface area contributed by atoms with Crippen LogP contribution in [0.5, 0.6) is 0 Å². The average Bonchev–Trinajstić information content (AvgIpc) is 2.28. The summed E-state index contributed by atoms with van der Waals surface area (Å²) < 4.78 is 0.745. The number of rotatable bonds is 4. The quantitative estimate of drug-likeness (QED) is 0.748. The summed E-state index contributed by atoms with van der Waals surface area (Å²) in [7, 11) is 0. The van der Waals surface area contributed by atoms with E-state index < -0.39 is 0 Å². The first-order valence-corrected chi connectivity index (χ1v) is 6.39. The molecule has 1 rings (SSSR count). The predicted molar refractivity (Wildman–Crippen MR) is 77.3 cm³/mol. The van der Waals surface area contributed by atoms with E-state index in [9.17, 15) is 4.79 Å². The third kappa shape index (κ3) is 4.32. The highest BCUT2D eigenvalue weighted by molar-refractivity contribution is 9.10. The van der Waals surface area contributed by atoms with Gasteiger partial charge in [0.15, 0.2) is 0 Å². The number of amides is 2. The lowest BCUT2D eigenvalue weighted by Crippen LogP contribution is -2.29. The van der Waals surface area contributed by atoms with E-state index in [2.05, 4.69) is 26.6 Å². The number of nitrogens with one attached hydrogen (secondary N) is 2. The molecule has 0 radical (unpaired) electrons. The molecular weight excluding hydrogens is 302 g/mol. The van der Waals surface area contributed by atoms with Crippen molar-refractivity contribution in [2.75, 3.05) is 11.9 Å². The standard InChI is InChI=1S/C11H14BrN3OS/c1-2-5-14-11(16)15-9-4-3-7(10(13)17)6-8(9)12/h3-4,6H,2,5H2,1H3,(H2,13,17)(H2,14,15,16). The molecule has 0 bridgehead atoms. The van der Waals surface area contributed by atoms with Gasteiger partial charge in [-0.15, -0.1) is 0 Å². The molecule has 2 amide bonds. The minimum Gasteiger partial charge on any atom is -0.389 e. The van der Waals surface area contributed by atoms with Gasteiger partial charge >= 0.3 is 6.03 Å². The van der Waals surface area contributed by atoms with Crippen LogP contribution in [0, 0.1) is 0 Å². The van der Waals surface area contributed by atoms with Gasteiger partial charge in [0.05, 0.1) is 5.69 Å². The number of halogens is 1. The van der Waals surface area contributed by atoms with Crippen LogP contribution in [-0.4, -0.2) is 17.6 Å². The summed E-state index contributed by atoms with van der Waals surface area (Å²) in [6, 6.07) is 5.07. The molecule has 0 heterocycles. The van der Waals surface area contributed by atoms with E-state index in [1.165, 1.54) is 0 Å². The zero-order valence-corrected chi connectivity index (χ0v) is 11.8. The highest BCUT2D eigenvalue weighted by Gasteiger charge is 2.06. The molecule has 0 unspecified atom stereocenters. The van der Waals surface area contributed by atoms with Crippen LogP contribution in [0.2, 0.25) is 0 Å². The minimum atomic E-state index is -0.226. The fourth-order valence-corrected chi connectivity index (χ4v) is 1.78. The van der Waals surface area contributed by atoms with Gasteiger partial charge in [-0.2, -0.15) is 0 Å². The van der Waals surface area contributed by atoms with Crippen molar-refractivity contribution in [3.05, 3.63) is 28.2 Å². The molecule has 0 aliphatic heterocycles. The highest BCUT2D eigenvalue weighted by Crippen LogP contribution is 2.23. The first-order chi connectivity index (χ1) is 8.04. The molecule has 1 aromatic carbocycles. The second-order valence-corrected chi connectivity index (χ2v) is 4.73. The topological polar surface area (TPSA) is 67.2 Å². The summed E-state index contributed by atoms with van der Waals surface area (Å²) in [6.45, 7) is 2.64. The van der Waals surface area contributed by atoms with Gasteiger partial charge in [-0.05, 0) is 40.5 Å². The lowest BCUT2D eigenvalue weighted by Gasteiger charge is -2.09. The van der Waals surface area contributed by atoms with Gasteiger partial charge in [0, 0.05) is 16.6 Å². The number of nitrogens with two attached hydrogens (primary N) is 1. The normalized spacial score (nSPS) is 9.76. The maximum absolute atomic E-state index is 11.4. The Bertz CT molecular complexity index is 437. The van der Waals surface area contributed by atoms with Crippen LogP contribution in [0.1, 0.15) is 18.9 Å². The second kappa shape index (κ2) is 6.56. The average molecular weight is 316 g/mol. The Balaban J connectivity index is 2.72. The fraction of sp³-hybridized carbons (Fsp3) is 0.273. The van der Waals surface area contributed by atoms with Crippen molar-refractivity contribution in [2.24, 2.45) is 5.73 Å². The number of urea groups is 1. The Morgan fingerprint density at radius 1 is 1.53 bits per heavy atom. The van der Waals surface area contributed by atoms with Crippen LogP contribution in [0.15, 0.2) is 22.7 Å². The molecule has 0 atom stereocenters. The molecule has 92 valence electrons. The third-order valence-electron chi connectivity index (χ3n) is 2.04. The van der Waals surface area contributed by atoms with E-state index in [1.807, 2.05) is 6.92 Å². The van der Waals surface area contributed by atoms with Gasteiger partial charge in [-0.25, -0.2) is 4.79 Å². The van der Waals surface area contributed by atoms with Crippen molar-refractivity contribution in [2.45, 2.75) is 13.3 Å². The first-order valence-electron chi connectivity index (χ1n) is 5.18. The van der Waals surface area contributed by atoms with Crippen molar-refractivity contribution in [3.63, 3.8) is 0 Å². The number of hydrogen-bond donors (Lipinski definition) is 3. The number of benzene rings is 1. The Hall–Kier alpha value is -1.14. The molecule has 6 heteroatoms. The molecule has 0 aromatic heterocycles. The molecule has 0 aliphatic carbocycles. The van der Waals surface area contributed by atoms with Crippen molar-refractivity contribution >= 4 is 44.9 Å². The van der Waals surface area contributed by atoms with Gasteiger partial charge in [-0.1, -0.05) is 19.1 Å². The summed E-state index contributed by atoms with van der Waals surface area (Å²) in [6.07, 6.45) is 0.898.